The molecule has 1 amide bonds. The lowest BCUT2D eigenvalue weighted by molar-refractivity contribution is 0.0971. The third kappa shape index (κ3) is 7.90. The molecule has 2 rings (SSSR count). The van der Waals surface area contributed by atoms with Gasteiger partial charge in [-0.1, -0.05) is 36.4 Å². The zero-order valence-corrected chi connectivity index (χ0v) is 17.3. The smallest absolute Gasteiger partial charge is 0.257 e. The molecule has 0 aromatic heterocycles. The second-order valence-corrected chi connectivity index (χ2v) is 6.53. The van der Waals surface area contributed by atoms with Crippen LogP contribution in [0.2, 0.25) is 0 Å². The van der Waals surface area contributed by atoms with Gasteiger partial charge in [0.1, 0.15) is 12.4 Å². The maximum absolute atomic E-state index is 12.6. The molecule has 0 heterocycles. The van der Waals surface area contributed by atoms with Crippen LogP contribution in [0.15, 0.2) is 54.6 Å². The van der Waals surface area contributed by atoms with Crippen molar-refractivity contribution in [2.45, 2.75) is 19.9 Å². The number of nitriles is 1. The van der Waals surface area contributed by atoms with Crippen molar-refractivity contribution in [1.82, 2.24) is 10.2 Å². The van der Waals surface area contributed by atoms with E-state index < -0.39 is 0 Å². The molecule has 2 aromatic rings. The lowest BCUT2D eigenvalue weighted by Gasteiger charge is -2.24. The Morgan fingerprint density at radius 1 is 1.17 bits per heavy atom. The minimum absolute atomic E-state index is 0.289. The highest BCUT2D eigenvalue weighted by atomic mass is 32.1. The normalized spacial score (nSPS) is 10.1. The molecule has 152 valence electrons. The van der Waals surface area contributed by atoms with Crippen LogP contribution in [0, 0.1) is 11.3 Å². The molecule has 1 N–H and O–H groups in total. The number of ether oxygens (including phenoxy) is 2. The molecule has 0 aliphatic rings. The molecular weight excluding hydrogens is 386 g/mol. The van der Waals surface area contributed by atoms with Gasteiger partial charge in [0.05, 0.1) is 19.1 Å². The van der Waals surface area contributed by atoms with Crippen molar-refractivity contribution in [3.63, 3.8) is 0 Å². The molecule has 0 fully saturated rings. The lowest BCUT2D eigenvalue weighted by Crippen LogP contribution is -2.42. The molecule has 0 aliphatic heterocycles. The molecule has 6 nitrogen and oxygen atoms in total. The predicted molar refractivity (Wildman–Crippen MR) is 116 cm³/mol. The summed E-state index contributed by atoms with van der Waals surface area (Å²) in [6.07, 6.45) is 0.312. The fourth-order valence-electron chi connectivity index (χ4n) is 2.58. The van der Waals surface area contributed by atoms with Gasteiger partial charge in [0.25, 0.3) is 5.91 Å². The van der Waals surface area contributed by atoms with Gasteiger partial charge >= 0.3 is 0 Å². The summed E-state index contributed by atoms with van der Waals surface area (Å²) in [5, 5.41) is 12.0. The van der Waals surface area contributed by atoms with Crippen LogP contribution < -0.4 is 10.1 Å². The second kappa shape index (κ2) is 12.5. The van der Waals surface area contributed by atoms with Gasteiger partial charge < -0.3 is 14.4 Å². The fourth-order valence-corrected chi connectivity index (χ4v) is 2.83. The summed E-state index contributed by atoms with van der Waals surface area (Å²) in [6.45, 7) is 4.41. The molecule has 0 aliphatic carbocycles. The summed E-state index contributed by atoms with van der Waals surface area (Å²) in [5.74, 6) is 0.272. The minimum atomic E-state index is -0.319. The van der Waals surface area contributed by atoms with Crippen LogP contribution in [0.3, 0.4) is 0 Å². The van der Waals surface area contributed by atoms with E-state index in [4.69, 9.17) is 27.0 Å². The van der Waals surface area contributed by atoms with E-state index in [1.807, 2.05) is 42.2 Å². The largest absolute Gasteiger partial charge is 0.491 e. The average Bonchev–Trinajstić information content (AvgIpc) is 2.75. The van der Waals surface area contributed by atoms with Crippen molar-refractivity contribution in [1.29, 1.82) is 5.26 Å². The highest BCUT2D eigenvalue weighted by Gasteiger charge is 2.15. The Morgan fingerprint density at radius 3 is 2.69 bits per heavy atom. The third-order valence-electron chi connectivity index (χ3n) is 4.01. The number of nitrogens with zero attached hydrogens (tertiary/aromatic N) is 2. The standard InChI is InChI=1S/C22H25N3O3S/c1-2-27-14-15-28-20-11-6-10-19(16-20)21(26)24-22(29)25(13-7-12-23)17-18-8-4-3-5-9-18/h3-6,8-11,16H,2,7,13-15,17H2,1H3,(H,24,26,29). The maximum atomic E-state index is 12.6. The van der Waals surface area contributed by atoms with E-state index in [2.05, 4.69) is 11.4 Å². The first kappa shape index (κ1) is 22.3. The van der Waals surface area contributed by atoms with E-state index in [9.17, 15) is 4.79 Å². The number of carbonyl (C=O) groups excluding carboxylic acids is 1. The number of nitrogens with one attached hydrogen (secondary N) is 1. The van der Waals surface area contributed by atoms with Crippen molar-refractivity contribution >= 4 is 23.2 Å². The predicted octanol–water partition coefficient (Wildman–Crippen LogP) is 3.53. The summed E-state index contributed by atoms with van der Waals surface area (Å²) in [4.78, 5) is 14.5. The van der Waals surface area contributed by atoms with Crippen molar-refractivity contribution in [3.8, 4) is 11.8 Å². The Labute approximate surface area is 177 Å². The fraction of sp³-hybridized carbons (Fsp3) is 0.318. The molecule has 0 saturated carbocycles. The van der Waals surface area contributed by atoms with Crippen LogP contribution >= 0.6 is 12.2 Å². The molecule has 7 heteroatoms. The molecule has 0 unspecified atom stereocenters. The van der Waals surface area contributed by atoms with E-state index in [1.165, 1.54) is 0 Å². The van der Waals surface area contributed by atoms with Crippen LogP contribution in [0.5, 0.6) is 5.75 Å². The lowest BCUT2D eigenvalue weighted by atomic mass is 10.2. The average molecular weight is 412 g/mol. The SMILES string of the molecule is CCOCCOc1cccc(C(=O)NC(=S)N(CCC#N)Cc2ccccc2)c1. The summed E-state index contributed by atoms with van der Waals surface area (Å²) in [7, 11) is 0. The minimum Gasteiger partial charge on any atom is -0.491 e. The molecule has 2 aromatic carbocycles. The van der Waals surface area contributed by atoms with E-state index in [0.29, 0.717) is 50.6 Å². The third-order valence-corrected chi connectivity index (χ3v) is 4.37. The second-order valence-electron chi connectivity index (χ2n) is 6.15. The van der Waals surface area contributed by atoms with E-state index in [0.717, 1.165) is 5.56 Å². The molecule has 0 saturated heterocycles. The van der Waals surface area contributed by atoms with E-state index in [-0.39, 0.29) is 11.0 Å². The molecule has 0 spiro atoms. The Hall–Kier alpha value is -2.95. The Balaban J connectivity index is 1.99. The molecular formula is C22H25N3O3S. The van der Waals surface area contributed by atoms with Gasteiger partial charge in [-0.2, -0.15) is 5.26 Å². The highest BCUT2D eigenvalue weighted by molar-refractivity contribution is 7.80. The van der Waals surface area contributed by atoms with Crippen molar-refractivity contribution < 1.29 is 14.3 Å². The van der Waals surface area contributed by atoms with Crippen molar-refractivity contribution in [3.05, 3.63) is 65.7 Å². The zero-order chi connectivity index (χ0) is 20.9. The van der Waals surface area contributed by atoms with Crippen LogP contribution in [-0.2, 0) is 11.3 Å². The van der Waals surface area contributed by atoms with Crippen molar-refractivity contribution in [2.24, 2.45) is 0 Å². The van der Waals surface area contributed by atoms with Gasteiger partial charge in [-0.05, 0) is 42.9 Å². The first-order chi connectivity index (χ1) is 14.1. The first-order valence-electron chi connectivity index (χ1n) is 9.45. The number of thiocarbonyl (C=S) groups is 1. The molecule has 0 radical (unpaired) electrons. The summed E-state index contributed by atoms with van der Waals surface area (Å²) >= 11 is 5.43. The van der Waals surface area contributed by atoms with Crippen LogP contribution in [0.1, 0.15) is 29.3 Å². The number of rotatable bonds is 10. The Bertz CT molecular complexity index is 837. The molecule has 0 atom stereocenters. The van der Waals surface area contributed by atoms with Gasteiger partial charge in [-0.25, -0.2) is 0 Å². The summed E-state index contributed by atoms with van der Waals surface area (Å²) in [5.41, 5.74) is 1.49. The van der Waals surface area contributed by atoms with Gasteiger partial charge in [0.2, 0.25) is 0 Å². The zero-order valence-electron chi connectivity index (χ0n) is 16.5. The van der Waals surface area contributed by atoms with Crippen LogP contribution in [-0.4, -0.2) is 42.3 Å². The van der Waals surface area contributed by atoms with Gasteiger partial charge in [0.15, 0.2) is 5.11 Å². The van der Waals surface area contributed by atoms with Crippen LogP contribution in [0.25, 0.3) is 0 Å². The van der Waals surface area contributed by atoms with Gasteiger partial charge in [0, 0.05) is 25.3 Å². The quantitative estimate of drug-likeness (QED) is 0.476. The molecule has 29 heavy (non-hydrogen) atoms. The first-order valence-corrected chi connectivity index (χ1v) is 9.86. The summed E-state index contributed by atoms with van der Waals surface area (Å²) < 4.78 is 10.8. The van der Waals surface area contributed by atoms with E-state index in [1.54, 1.807) is 24.3 Å². The number of hydrogen-bond donors (Lipinski definition) is 1. The van der Waals surface area contributed by atoms with Gasteiger partial charge in [-0.3, -0.25) is 10.1 Å². The maximum Gasteiger partial charge on any atom is 0.257 e. The number of carbonyl (C=O) groups is 1. The number of hydrogen-bond acceptors (Lipinski definition) is 5. The summed E-state index contributed by atoms with van der Waals surface area (Å²) in [6, 6.07) is 18.8. The Morgan fingerprint density at radius 2 is 1.97 bits per heavy atom. The van der Waals surface area contributed by atoms with Crippen LogP contribution in [0.4, 0.5) is 0 Å². The van der Waals surface area contributed by atoms with E-state index >= 15 is 0 Å². The van der Waals surface area contributed by atoms with Gasteiger partial charge in [-0.15, -0.1) is 0 Å². The molecule has 0 bridgehead atoms. The Kier molecular flexibility index (Phi) is 9.63. The van der Waals surface area contributed by atoms with Crippen molar-refractivity contribution in [2.75, 3.05) is 26.4 Å². The highest BCUT2D eigenvalue weighted by Crippen LogP contribution is 2.14. The number of amides is 1. The topological polar surface area (TPSA) is 74.6 Å². The number of benzene rings is 2. The monoisotopic (exact) mass is 411 g/mol.